The molecule has 19 heavy (non-hydrogen) atoms. The first-order valence-electron chi connectivity index (χ1n) is 6.75. The summed E-state index contributed by atoms with van der Waals surface area (Å²) in [5, 5.41) is 2.60. The molecular formula is C16H19NOSi. The summed E-state index contributed by atoms with van der Waals surface area (Å²) in [7, 11) is -2.01. The lowest BCUT2D eigenvalue weighted by Gasteiger charge is -2.15. The standard InChI is InChI=1S/C16H19NOSi/c1-19(2,18)12-11-17-15-9-5-3-7-13(15)14-8-4-6-10-16(14)17/h3-10,18H,11-12H2,1-2H3. The third kappa shape index (κ3) is 2.31. The Balaban J connectivity index is 2.19. The molecule has 0 aliphatic heterocycles. The lowest BCUT2D eigenvalue weighted by molar-refractivity contribution is 0.540. The molecule has 0 aliphatic carbocycles. The Morgan fingerprint density at radius 1 is 0.895 bits per heavy atom. The fourth-order valence-electron chi connectivity index (χ4n) is 2.63. The Kier molecular flexibility index (Phi) is 2.95. The summed E-state index contributed by atoms with van der Waals surface area (Å²) in [6, 6.07) is 17.9. The first kappa shape index (κ1) is 12.5. The zero-order valence-electron chi connectivity index (χ0n) is 11.4. The van der Waals surface area contributed by atoms with Crippen LogP contribution < -0.4 is 0 Å². The van der Waals surface area contributed by atoms with Crippen LogP contribution in [0.5, 0.6) is 0 Å². The number of hydrogen-bond donors (Lipinski definition) is 1. The fraction of sp³-hybridized carbons (Fsp3) is 0.250. The topological polar surface area (TPSA) is 25.2 Å². The van der Waals surface area contributed by atoms with Gasteiger partial charge in [-0.1, -0.05) is 36.4 Å². The van der Waals surface area contributed by atoms with Gasteiger partial charge in [0.15, 0.2) is 8.32 Å². The Morgan fingerprint density at radius 2 is 1.37 bits per heavy atom. The molecular weight excluding hydrogens is 250 g/mol. The van der Waals surface area contributed by atoms with Gasteiger partial charge >= 0.3 is 0 Å². The van der Waals surface area contributed by atoms with Gasteiger partial charge in [-0.15, -0.1) is 0 Å². The number of rotatable bonds is 3. The predicted octanol–water partition coefficient (Wildman–Crippen LogP) is 3.99. The highest BCUT2D eigenvalue weighted by atomic mass is 28.4. The molecule has 0 bridgehead atoms. The minimum atomic E-state index is -2.01. The number of aryl methyl sites for hydroxylation is 1. The Morgan fingerprint density at radius 3 is 1.84 bits per heavy atom. The Bertz CT molecular complexity index is 671. The number of fused-ring (bicyclic) bond motifs is 3. The second-order valence-corrected chi connectivity index (χ2v) is 9.87. The Hall–Kier alpha value is -1.58. The van der Waals surface area contributed by atoms with Gasteiger partial charge in [0, 0.05) is 28.4 Å². The van der Waals surface area contributed by atoms with E-state index in [1.807, 2.05) is 13.1 Å². The van der Waals surface area contributed by atoms with Crippen molar-refractivity contribution in [2.45, 2.75) is 25.7 Å². The molecule has 0 atom stereocenters. The maximum absolute atomic E-state index is 10.1. The molecule has 0 aliphatic rings. The highest BCUT2D eigenvalue weighted by Gasteiger charge is 2.18. The maximum atomic E-state index is 10.1. The predicted molar refractivity (Wildman–Crippen MR) is 84.0 cm³/mol. The summed E-state index contributed by atoms with van der Waals surface area (Å²) < 4.78 is 2.34. The van der Waals surface area contributed by atoms with Crippen LogP contribution in [0.3, 0.4) is 0 Å². The van der Waals surface area contributed by atoms with E-state index in [1.54, 1.807) is 0 Å². The SMILES string of the molecule is C[Si](C)(O)CCn1c2ccccc2c2ccccc21. The smallest absolute Gasteiger partial charge is 0.184 e. The summed E-state index contributed by atoms with van der Waals surface area (Å²) in [5.41, 5.74) is 2.53. The van der Waals surface area contributed by atoms with E-state index in [1.165, 1.54) is 21.8 Å². The number of benzene rings is 2. The molecule has 0 spiro atoms. The molecule has 3 rings (SSSR count). The van der Waals surface area contributed by atoms with Crippen molar-refractivity contribution in [2.24, 2.45) is 0 Å². The largest absolute Gasteiger partial charge is 0.432 e. The average Bonchev–Trinajstić information content (AvgIpc) is 2.70. The van der Waals surface area contributed by atoms with Crippen molar-refractivity contribution < 1.29 is 4.80 Å². The molecule has 0 amide bonds. The molecule has 1 heterocycles. The van der Waals surface area contributed by atoms with E-state index < -0.39 is 8.32 Å². The molecule has 0 radical (unpaired) electrons. The van der Waals surface area contributed by atoms with Gasteiger partial charge in [0.25, 0.3) is 0 Å². The number of nitrogens with zero attached hydrogens (tertiary/aromatic N) is 1. The van der Waals surface area contributed by atoms with Gasteiger partial charge < -0.3 is 9.36 Å². The van der Waals surface area contributed by atoms with Crippen LogP contribution in [0.2, 0.25) is 19.1 Å². The van der Waals surface area contributed by atoms with Crippen LogP contribution in [0.4, 0.5) is 0 Å². The number of aromatic nitrogens is 1. The molecule has 2 aromatic carbocycles. The summed E-state index contributed by atoms with van der Waals surface area (Å²) in [4.78, 5) is 10.1. The van der Waals surface area contributed by atoms with Crippen LogP contribution in [0.15, 0.2) is 48.5 Å². The van der Waals surface area contributed by atoms with Gasteiger partial charge in [0.1, 0.15) is 0 Å². The average molecular weight is 269 g/mol. The molecule has 0 fully saturated rings. The van der Waals surface area contributed by atoms with Crippen molar-refractivity contribution in [3.05, 3.63) is 48.5 Å². The zero-order valence-corrected chi connectivity index (χ0v) is 12.4. The number of para-hydroxylation sites is 2. The van der Waals surface area contributed by atoms with Crippen LogP contribution in [-0.2, 0) is 6.54 Å². The van der Waals surface area contributed by atoms with E-state index >= 15 is 0 Å². The quantitative estimate of drug-likeness (QED) is 0.715. The first-order chi connectivity index (χ1) is 9.06. The van der Waals surface area contributed by atoms with Gasteiger partial charge in [-0.3, -0.25) is 0 Å². The molecule has 2 nitrogen and oxygen atoms in total. The monoisotopic (exact) mass is 269 g/mol. The lowest BCUT2D eigenvalue weighted by Crippen LogP contribution is -2.26. The maximum Gasteiger partial charge on any atom is 0.184 e. The summed E-state index contributed by atoms with van der Waals surface area (Å²) in [6.45, 7) is 4.89. The van der Waals surface area contributed by atoms with Crippen molar-refractivity contribution in [1.82, 2.24) is 4.57 Å². The van der Waals surface area contributed by atoms with Crippen LogP contribution in [-0.4, -0.2) is 17.7 Å². The first-order valence-corrected chi connectivity index (χ1v) is 9.90. The highest BCUT2D eigenvalue weighted by Crippen LogP contribution is 2.29. The van der Waals surface area contributed by atoms with Gasteiger partial charge in [0.05, 0.1) is 0 Å². The van der Waals surface area contributed by atoms with E-state index in [4.69, 9.17) is 0 Å². The summed E-state index contributed by atoms with van der Waals surface area (Å²) in [6.07, 6.45) is 0. The highest BCUT2D eigenvalue weighted by molar-refractivity contribution is 6.69. The third-order valence-electron chi connectivity index (χ3n) is 3.63. The summed E-state index contributed by atoms with van der Waals surface area (Å²) >= 11 is 0. The van der Waals surface area contributed by atoms with Crippen molar-refractivity contribution in [3.8, 4) is 0 Å². The molecule has 98 valence electrons. The van der Waals surface area contributed by atoms with Gasteiger partial charge in [0.2, 0.25) is 0 Å². The van der Waals surface area contributed by atoms with Crippen molar-refractivity contribution in [3.63, 3.8) is 0 Å². The van der Waals surface area contributed by atoms with E-state index in [9.17, 15) is 4.80 Å². The summed E-state index contributed by atoms with van der Waals surface area (Å²) in [5.74, 6) is 0. The minimum Gasteiger partial charge on any atom is -0.432 e. The molecule has 0 saturated carbocycles. The van der Waals surface area contributed by atoms with Crippen LogP contribution in [0, 0.1) is 0 Å². The van der Waals surface area contributed by atoms with Crippen LogP contribution in [0.1, 0.15) is 0 Å². The second kappa shape index (κ2) is 4.51. The molecule has 1 aromatic heterocycles. The van der Waals surface area contributed by atoms with Gasteiger partial charge in [-0.2, -0.15) is 0 Å². The van der Waals surface area contributed by atoms with Crippen molar-refractivity contribution in [2.75, 3.05) is 0 Å². The second-order valence-electron chi connectivity index (χ2n) is 5.75. The van der Waals surface area contributed by atoms with Crippen LogP contribution in [0.25, 0.3) is 21.8 Å². The van der Waals surface area contributed by atoms with E-state index in [0.717, 1.165) is 12.6 Å². The Labute approximate surface area is 114 Å². The van der Waals surface area contributed by atoms with Gasteiger partial charge in [-0.25, -0.2) is 0 Å². The minimum absolute atomic E-state index is 0.885. The van der Waals surface area contributed by atoms with E-state index in [2.05, 4.69) is 53.1 Å². The van der Waals surface area contributed by atoms with E-state index in [0.29, 0.717) is 0 Å². The molecule has 0 unspecified atom stereocenters. The van der Waals surface area contributed by atoms with Crippen molar-refractivity contribution in [1.29, 1.82) is 0 Å². The fourth-order valence-corrected chi connectivity index (χ4v) is 3.40. The number of hydrogen-bond acceptors (Lipinski definition) is 1. The van der Waals surface area contributed by atoms with Crippen LogP contribution >= 0.6 is 0 Å². The molecule has 3 aromatic rings. The van der Waals surface area contributed by atoms with Gasteiger partial charge in [-0.05, 0) is 31.3 Å². The molecule has 0 saturated heterocycles. The normalized spacial score (nSPS) is 12.4. The molecule has 1 N–H and O–H groups in total. The van der Waals surface area contributed by atoms with E-state index in [-0.39, 0.29) is 0 Å². The molecule has 3 heteroatoms. The lowest BCUT2D eigenvalue weighted by atomic mass is 10.2. The zero-order chi connectivity index (χ0) is 13.5. The van der Waals surface area contributed by atoms with Crippen molar-refractivity contribution >= 4 is 30.1 Å². The third-order valence-corrected chi connectivity index (χ3v) is 5.07.